The van der Waals surface area contributed by atoms with E-state index in [2.05, 4.69) is 20.0 Å². The lowest BCUT2D eigenvalue weighted by molar-refractivity contribution is -0.139. The fourth-order valence-electron chi connectivity index (χ4n) is 5.98. The van der Waals surface area contributed by atoms with Gasteiger partial charge in [0.25, 0.3) is 0 Å². The van der Waals surface area contributed by atoms with Crippen LogP contribution in [0.4, 0.5) is 13.2 Å². The lowest BCUT2D eigenvalue weighted by Gasteiger charge is -2.38. The lowest BCUT2D eigenvalue weighted by Crippen LogP contribution is -2.59. The van der Waals surface area contributed by atoms with Crippen molar-refractivity contribution in [1.82, 2.24) is 20.0 Å². The number of carbonyl (C=O) groups excluding carboxylic acids is 1. The Bertz CT molecular complexity index is 1670. The van der Waals surface area contributed by atoms with E-state index in [0.717, 1.165) is 60.8 Å². The summed E-state index contributed by atoms with van der Waals surface area (Å²) in [4.78, 5) is 20.8. The number of aromatic amines is 1. The summed E-state index contributed by atoms with van der Waals surface area (Å²) in [6.45, 7) is 1.62. The maximum Gasteiger partial charge on any atom is 0.417 e. The van der Waals surface area contributed by atoms with Crippen molar-refractivity contribution in [2.75, 3.05) is 6.54 Å². The van der Waals surface area contributed by atoms with E-state index in [0.29, 0.717) is 11.6 Å². The summed E-state index contributed by atoms with van der Waals surface area (Å²) < 4.78 is 71.0. The summed E-state index contributed by atoms with van der Waals surface area (Å²) in [5.74, 6) is -0.637. The Hall–Kier alpha value is -3.70. The van der Waals surface area contributed by atoms with E-state index in [-0.39, 0.29) is 13.0 Å². The van der Waals surface area contributed by atoms with Crippen LogP contribution in [0.2, 0.25) is 0 Å². The van der Waals surface area contributed by atoms with Crippen LogP contribution in [-0.4, -0.2) is 36.4 Å². The molecule has 7 nitrogen and oxygen atoms in total. The van der Waals surface area contributed by atoms with Gasteiger partial charge in [-0.15, -0.1) is 0 Å². The van der Waals surface area contributed by atoms with Crippen molar-refractivity contribution in [3.63, 3.8) is 0 Å². The van der Waals surface area contributed by atoms with E-state index in [1.807, 2.05) is 42.5 Å². The average molecular weight is 599 g/mol. The first-order valence-electron chi connectivity index (χ1n) is 13.9. The smallest absolute Gasteiger partial charge is 0.361 e. The second-order valence-corrected chi connectivity index (χ2v) is 12.9. The molecule has 0 bridgehead atoms. The third-order valence-electron chi connectivity index (χ3n) is 8.17. The lowest BCUT2D eigenvalue weighted by atomic mass is 9.71. The highest BCUT2D eigenvalue weighted by molar-refractivity contribution is 7.89. The predicted octanol–water partition coefficient (Wildman–Crippen LogP) is 5.88. The molecule has 1 amide bonds. The molecular weight excluding hydrogens is 565 g/mol. The van der Waals surface area contributed by atoms with Gasteiger partial charge in [0, 0.05) is 47.4 Å². The van der Waals surface area contributed by atoms with E-state index in [4.69, 9.17) is 0 Å². The van der Waals surface area contributed by atoms with Crippen molar-refractivity contribution in [2.45, 2.75) is 67.5 Å². The number of nitrogens with one attached hydrogen (secondary N) is 3. The zero-order chi connectivity index (χ0) is 30.0. The third kappa shape index (κ3) is 6.07. The van der Waals surface area contributed by atoms with Crippen molar-refractivity contribution in [1.29, 1.82) is 0 Å². The van der Waals surface area contributed by atoms with Crippen molar-refractivity contribution in [3.8, 4) is 0 Å². The molecule has 1 fully saturated rings. The van der Waals surface area contributed by atoms with Gasteiger partial charge in [0.2, 0.25) is 15.9 Å². The van der Waals surface area contributed by atoms with Gasteiger partial charge in [0.15, 0.2) is 0 Å². The van der Waals surface area contributed by atoms with E-state index >= 15 is 0 Å². The molecule has 1 aliphatic carbocycles. The van der Waals surface area contributed by atoms with Crippen LogP contribution in [0.5, 0.6) is 0 Å². The number of fused-ring (bicyclic) bond motifs is 1. The number of nitrogens with zero attached hydrogens (tertiary/aromatic N) is 1. The SMILES string of the molecule is C[C@@](Cc1c[nH]c2ccccc12)(NS(=O)(=O)c1ccccc1C(F)(F)F)C(=O)NCC1(c2ccccn2)CCCCC1. The summed E-state index contributed by atoms with van der Waals surface area (Å²) in [5.41, 5.74) is -1.28. The molecule has 11 heteroatoms. The van der Waals surface area contributed by atoms with E-state index in [9.17, 15) is 26.4 Å². The first-order valence-corrected chi connectivity index (χ1v) is 15.4. The van der Waals surface area contributed by atoms with Crippen LogP contribution in [0.25, 0.3) is 10.9 Å². The summed E-state index contributed by atoms with van der Waals surface area (Å²) in [6.07, 6.45) is 2.97. The minimum absolute atomic E-state index is 0.104. The average Bonchev–Trinajstić information content (AvgIpc) is 3.38. The number of aromatic nitrogens is 2. The molecule has 0 spiro atoms. The molecule has 5 rings (SSSR count). The molecule has 0 saturated heterocycles. The molecule has 2 aromatic heterocycles. The van der Waals surface area contributed by atoms with Crippen LogP contribution in [0.15, 0.2) is 84.0 Å². The number of rotatable bonds is 9. The highest BCUT2D eigenvalue weighted by Crippen LogP contribution is 2.38. The van der Waals surface area contributed by atoms with E-state index in [1.54, 1.807) is 12.4 Å². The molecule has 1 saturated carbocycles. The Morgan fingerprint density at radius 3 is 2.38 bits per heavy atom. The van der Waals surface area contributed by atoms with Gasteiger partial charge >= 0.3 is 6.18 Å². The largest absolute Gasteiger partial charge is 0.417 e. The number of halogens is 3. The van der Waals surface area contributed by atoms with Gasteiger partial charge in [-0.25, -0.2) is 8.42 Å². The van der Waals surface area contributed by atoms with Crippen LogP contribution >= 0.6 is 0 Å². The standard InChI is InChI=1S/C31H33F3N4O3S/c1-29(19-22-20-36-25-13-5-3-11-23(22)25,38-42(40,41)26-14-6-4-12-24(26)31(32,33)34)28(39)37-21-30(16-8-2-9-17-30)27-15-7-10-18-35-27/h3-7,10-15,18,20,36,38H,2,8-9,16-17,19,21H2,1H3,(H,37,39)/t29-/m0/s1. The van der Waals surface area contributed by atoms with Crippen molar-refractivity contribution < 1.29 is 26.4 Å². The van der Waals surface area contributed by atoms with Crippen LogP contribution < -0.4 is 10.0 Å². The molecule has 0 radical (unpaired) electrons. The molecule has 42 heavy (non-hydrogen) atoms. The Labute approximate surface area is 243 Å². The maximum absolute atomic E-state index is 14.0. The number of carbonyl (C=O) groups is 1. The molecule has 0 aliphatic heterocycles. The Morgan fingerprint density at radius 1 is 0.976 bits per heavy atom. The van der Waals surface area contributed by atoms with Gasteiger partial charge in [-0.2, -0.15) is 17.9 Å². The fourth-order valence-corrected chi connectivity index (χ4v) is 7.58. The molecular formula is C31H33F3N4O3S. The highest BCUT2D eigenvalue weighted by Gasteiger charge is 2.44. The zero-order valence-electron chi connectivity index (χ0n) is 23.2. The number of sulfonamides is 1. The number of amides is 1. The predicted molar refractivity (Wildman–Crippen MR) is 154 cm³/mol. The first-order chi connectivity index (χ1) is 19.9. The molecule has 3 N–H and O–H groups in total. The van der Waals surface area contributed by atoms with Gasteiger partial charge in [0.1, 0.15) is 5.54 Å². The number of pyridine rings is 1. The molecule has 4 aromatic rings. The van der Waals surface area contributed by atoms with Crippen LogP contribution in [0.3, 0.4) is 0 Å². The Kier molecular flexibility index (Phi) is 8.17. The molecule has 0 unspecified atom stereocenters. The van der Waals surface area contributed by atoms with Crippen molar-refractivity contribution in [3.05, 3.63) is 95.9 Å². The monoisotopic (exact) mass is 598 g/mol. The summed E-state index contributed by atoms with van der Waals surface area (Å²) >= 11 is 0. The van der Waals surface area contributed by atoms with E-state index in [1.165, 1.54) is 13.0 Å². The van der Waals surface area contributed by atoms with Crippen molar-refractivity contribution in [2.24, 2.45) is 0 Å². The second-order valence-electron chi connectivity index (χ2n) is 11.2. The summed E-state index contributed by atoms with van der Waals surface area (Å²) in [5, 5.41) is 3.75. The normalized spacial score (nSPS) is 17.0. The molecule has 222 valence electrons. The third-order valence-corrected chi connectivity index (χ3v) is 9.82. The quantitative estimate of drug-likeness (QED) is 0.224. The van der Waals surface area contributed by atoms with Crippen LogP contribution in [-0.2, 0) is 32.8 Å². The molecule has 1 atom stereocenters. The summed E-state index contributed by atoms with van der Waals surface area (Å²) in [7, 11) is -4.80. The number of hydrogen-bond donors (Lipinski definition) is 3. The summed E-state index contributed by atoms with van der Waals surface area (Å²) in [6, 6.07) is 17.0. The number of benzene rings is 2. The Morgan fingerprint density at radius 2 is 1.67 bits per heavy atom. The van der Waals surface area contributed by atoms with E-state index < -0.39 is 43.5 Å². The number of H-pyrrole nitrogens is 1. The van der Waals surface area contributed by atoms with Gasteiger partial charge in [-0.05, 0) is 55.7 Å². The fraction of sp³-hybridized carbons (Fsp3) is 0.355. The number of alkyl halides is 3. The first kappa shape index (κ1) is 29.8. The minimum atomic E-state index is -4.91. The second kappa shape index (κ2) is 11.5. The topological polar surface area (TPSA) is 104 Å². The van der Waals surface area contributed by atoms with Crippen LogP contribution in [0, 0.1) is 0 Å². The minimum Gasteiger partial charge on any atom is -0.361 e. The molecule has 2 aromatic carbocycles. The van der Waals surface area contributed by atoms with Crippen molar-refractivity contribution >= 4 is 26.8 Å². The van der Waals surface area contributed by atoms with Gasteiger partial charge in [0.05, 0.1) is 10.5 Å². The molecule has 1 aliphatic rings. The van der Waals surface area contributed by atoms with Gasteiger partial charge < -0.3 is 10.3 Å². The highest BCUT2D eigenvalue weighted by atomic mass is 32.2. The Balaban J connectivity index is 1.50. The van der Waals surface area contributed by atoms with Gasteiger partial charge in [-0.3, -0.25) is 9.78 Å². The number of para-hydroxylation sites is 1. The number of hydrogen-bond acceptors (Lipinski definition) is 4. The van der Waals surface area contributed by atoms with Gasteiger partial charge in [-0.1, -0.05) is 55.7 Å². The molecule has 2 heterocycles. The zero-order valence-corrected chi connectivity index (χ0v) is 24.0. The van der Waals surface area contributed by atoms with Crippen LogP contribution in [0.1, 0.15) is 55.8 Å². The maximum atomic E-state index is 14.0.